The number of nitrogens with one attached hydrogen (secondary N) is 1. The van der Waals surface area contributed by atoms with E-state index in [-0.39, 0.29) is 5.41 Å². The molecule has 0 atom stereocenters. The Bertz CT molecular complexity index is 485. The number of hydrogen-bond donors (Lipinski definition) is 1. The second-order valence-corrected chi connectivity index (χ2v) is 8.20. The molecule has 3 nitrogen and oxygen atoms in total. The number of nitrogens with zero attached hydrogens (tertiary/aromatic N) is 1. The van der Waals surface area contributed by atoms with E-state index in [1.807, 2.05) is 7.05 Å². The normalized spacial score (nSPS) is 22.2. The first kappa shape index (κ1) is 17.0. The molecule has 2 heterocycles. The third-order valence-electron chi connectivity index (χ3n) is 5.81. The number of thiophene rings is 1. The zero-order valence-electron chi connectivity index (χ0n) is 14.4. The third kappa shape index (κ3) is 3.63. The number of rotatable bonds is 5. The van der Waals surface area contributed by atoms with Gasteiger partial charge in [-0.1, -0.05) is 25.3 Å². The fraction of sp³-hybridized carbons (Fsp3) is 0.737. The van der Waals surface area contributed by atoms with E-state index in [1.54, 1.807) is 11.3 Å². The van der Waals surface area contributed by atoms with Gasteiger partial charge < -0.3 is 10.2 Å². The van der Waals surface area contributed by atoms with Crippen LogP contribution >= 0.6 is 11.3 Å². The fourth-order valence-corrected chi connectivity index (χ4v) is 5.33. The minimum atomic E-state index is -0.204. The SMILES string of the molecule is CNCCC1CCN(C(=O)C2(c3cccs3)CCCCC2)CC1. The van der Waals surface area contributed by atoms with Gasteiger partial charge in [0.1, 0.15) is 0 Å². The summed E-state index contributed by atoms with van der Waals surface area (Å²) in [6, 6.07) is 4.29. The lowest BCUT2D eigenvalue weighted by molar-refractivity contribution is -0.140. The molecule has 0 aromatic carbocycles. The molecule has 3 rings (SSSR count). The first-order chi connectivity index (χ1) is 11.3. The summed E-state index contributed by atoms with van der Waals surface area (Å²) >= 11 is 1.78. The van der Waals surface area contributed by atoms with Crippen molar-refractivity contribution < 1.29 is 4.79 Å². The topological polar surface area (TPSA) is 32.3 Å². The molecule has 0 bridgehead atoms. The Morgan fingerprint density at radius 3 is 2.65 bits per heavy atom. The molecule has 1 aliphatic heterocycles. The highest BCUT2D eigenvalue weighted by Crippen LogP contribution is 2.43. The van der Waals surface area contributed by atoms with Crippen molar-refractivity contribution in [1.29, 1.82) is 0 Å². The number of carbonyl (C=O) groups excluding carboxylic acids is 1. The molecule has 0 spiro atoms. The fourth-order valence-electron chi connectivity index (χ4n) is 4.35. The number of carbonyl (C=O) groups is 1. The molecular formula is C19H30N2OS. The molecule has 1 aliphatic carbocycles. The molecule has 0 unspecified atom stereocenters. The lowest BCUT2D eigenvalue weighted by Gasteiger charge is -2.42. The number of likely N-dealkylation sites (tertiary alicyclic amines) is 1. The predicted octanol–water partition coefficient (Wildman–Crippen LogP) is 3.80. The van der Waals surface area contributed by atoms with Crippen LogP contribution in [0.3, 0.4) is 0 Å². The molecule has 2 fully saturated rings. The van der Waals surface area contributed by atoms with Crippen LogP contribution in [-0.2, 0) is 10.2 Å². The van der Waals surface area contributed by atoms with E-state index >= 15 is 0 Å². The molecule has 128 valence electrons. The Morgan fingerprint density at radius 2 is 2.04 bits per heavy atom. The van der Waals surface area contributed by atoms with Crippen molar-refractivity contribution in [1.82, 2.24) is 10.2 Å². The van der Waals surface area contributed by atoms with Crippen LogP contribution < -0.4 is 5.32 Å². The van der Waals surface area contributed by atoms with Gasteiger partial charge in [0.25, 0.3) is 0 Å². The summed E-state index contributed by atoms with van der Waals surface area (Å²) in [4.78, 5) is 16.9. The van der Waals surface area contributed by atoms with E-state index in [0.29, 0.717) is 5.91 Å². The highest BCUT2D eigenvalue weighted by molar-refractivity contribution is 7.10. The van der Waals surface area contributed by atoms with Gasteiger partial charge in [-0.05, 0) is 63.1 Å². The van der Waals surface area contributed by atoms with Crippen LogP contribution in [0.5, 0.6) is 0 Å². The maximum atomic E-state index is 13.4. The van der Waals surface area contributed by atoms with E-state index in [4.69, 9.17) is 0 Å². The second kappa shape index (κ2) is 7.80. The van der Waals surface area contributed by atoms with Crippen molar-refractivity contribution in [3.8, 4) is 0 Å². The van der Waals surface area contributed by atoms with Crippen LogP contribution in [0.1, 0.15) is 56.2 Å². The molecule has 1 saturated carbocycles. The van der Waals surface area contributed by atoms with E-state index in [0.717, 1.165) is 38.4 Å². The zero-order chi connectivity index (χ0) is 16.1. The van der Waals surface area contributed by atoms with Crippen LogP contribution in [0.15, 0.2) is 17.5 Å². The number of piperidine rings is 1. The summed E-state index contributed by atoms with van der Waals surface area (Å²) < 4.78 is 0. The monoisotopic (exact) mass is 334 g/mol. The predicted molar refractivity (Wildman–Crippen MR) is 96.9 cm³/mol. The lowest BCUT2D eigenvalue weighted by Crippen LogP contribution is -2.50. The maximum absolute atomic E-state index is 13.4. The summed E-state index contributed by atoms with van der Waals surface area (Å²) in [7, 11) is 2.02. The van der Waals surface area contributed by atoms with E-state index in [1.165, 1.54) is 43.4 Å². The Balaban J connectivity index is 1.68. The van der Waals surface area contributed by atoms with Crippen molar-refractivity contribution in [3.63, 3.8) is 0 Å². The van der Waals surface area contributed by atoms with Crippen molar-refractivity contribution in [2.75, 3.05) is 26.7 Å². The molecule has 1 aromatic rings. The van der Waals surface area contributed by atoms with Gasteiger partial charge in [-0.25, -0.2) is 0 Å². The average molecular weight is 335 g/mol. The Hall–Kier alpha value is -0.870. The Kier molecular flexibility index (Phi) is 5.76. The highest BCUT2D eigenvalue weighted by Gasteiger charge is 2.44. The minimum absolute atomic E-state index is 0.204. The van der Waals surface area contributed by atoms with Gasteiger partial charge in [0, 0.05) is 18.0 Å². The zero-order valence-corrected chi connectivity index (χ0v) is 15.2. The summed E-state index contributed by atoms with van der Waals surface area (Å²) in [5.41, 5.74) is -0.204. The largest absolute Gasteiger partial charge is 0.342 e. The maximum Gasteiger partial charge on any atom is 0.234 e. The van der Waals surface area contributed by atoms with Crippen LogP contribution in [-0.4, -0.2) is 37.5 Å². The van der Waals surface area contributed by atoms with Crippen LogP contribution in [0.4, 0.5) is 0 Å². The molecule has 2 aliphatic rings. The van der Waals surface area contributed by atoms with Crippen molar-refractivity contribution >= 4 is 17.2 Å². The highest BCUT2D eigenvalue weighted by atomic mass is 32.1. The van der Waals surface area contributed by atoms with Crippen molar-refractivity contribution in [3.05, 3.63) is 22.4 Å². The van der Waals surface area contributed by atoms with Gasteiger partial charge in [-0.2, -0.15) is 0 Å². The molecule has 4 heteroatoms. The second-order valence-electron chi connectivity index (χ2n) is 7.25. The Morgan fingerprint density at radius 1 is 1.30 bits per heavy atom. The van der Waals surface area contributed by atoms with E-state index < -0.39 is 0 Å². The van der Waals surface area contributed by atoms with Crippen molar-refractivity contribution in [2.24, 2.45) is 5.92 Å². The third-order valence-corrected chi connectivity index (χ3v) is 6.89. The Labute approximate surface area is 144 Å². The van der Waals surface area contributed by atoms with Gasteiger partial charge in [-0.15, -0.1) is 11.3 Å². The smallest absolute Gasteiger partial charge is 0.234 e. The van der Waals surface area contributed by atoms with Crippen molar-refractivity contribution in [2.45, 2.75) is 56.8 Å². The average Bonchev–Trinajstić information content (AvgIpc) is 3.15. The molecule has 23 heavy (non-hydrogen) atoms. The van der Waals surface area contributed by atoms with Gasteiger partial charge >= 0.3 is 0 Å². The molecule has 1 aromatic heterocycles. The summed E-state index contributed by atoms with van der Waals surface area (Å²) in [5.74, 6) is 1.21. The number of hydrogen-bond acceptors (Lipinski definition) is 3. The molecule has 1 saturated heterocycles. The van der Waals surface area contributed by atoms with Crippen LogP contribution in [0, 0.1) is 5.92 Å². The van der Waals surface area contributed by atoms with Gasteiger partial charge in [0.15, 0.2) is 0 Å². The standard InChI is InChI=1S/C19H30N2OS/c1-20-12-7-16-8-13-21(14-9-16)18(22)19(10-3-2-4-11-19)17-6-5-15-23-17/h5-6,15-16,20H,2-4,7-14H2,1H3. The minimum Gasteiger partial charge on any atom is -0.342 e. The van der Waals surface area contributed by atoms with Crippen LogP contribution in [0.25, 0.3) is 0 Å². The molecule has 0 radical (unpaired) electrons. The number of amides is 1. The first-order valence-electron chi connectivity index (χ1n) is 9.24. The van der Waals surface area contributed by atoms with Gasteiger partial charge in [0.2, 0.25) is 5.91 Å². The summed E-state index contributed by atoms with van der Waals surface area (Å²) in [5, 5.41) is 5.37. The van der Waals surface area contributed by atoms with Crippen LogP contribution in [0.2, 0.25) is 0 Å². The summed E-state index contributed by atoms with van der Waals surface area (Å²) in [6.07, 6.45) is 9.37. The summed E-state index contributed by atoms with van der Waals surface area (Å²) in [6.45, 7) is 3.01. The first-order valence-corrected chi connectivity index (χ1v) is 10.1. The van der Waals surface area contributed by atoms with E-state index in [9.17, 15) is 4.79 Å². The van der Waals surface area contributed by atoms with E-state index in [2.05, 4.69) is 27.7 Å². The lowest BCUT2D eigenvalue weighted by atomic mass is 9.71. The molecule has 1 amide bonds. The van der Waals surface area contributed by atoms with Gasteiger partial charge in [0.05, 0.1) is 5.41 Å². The molecule has 1 N–H and O–H groups in total. The van der Waals surface area contributed by atoms with Gasteiger partial charge in [-0.3, -0.25) is 4.79 Å². The quantitative estimate of drug-likeness (QED) is 0.888. The molecular weight excluding hydrogens is 304 g/mol.